The van der Waals surface area contributed by atoms with Gasteiger partial charge in [-0.25, -0.2) is 9.37 Å². The van der Waals surface area contributed by atoms with Gasteiger partial charge in [0.25, 0.3) is 5.88 Å². The Bertz CT molecular complexity index is 714. The van der Waals surface area contributed by atoms with Crippen molar-refractivity contribution in [1.29, 1.82) is 0 Å². The Kier molecular flexibility index (Phi) is 4.30. The Hall–Kier alpha value is -2.64. The van der Waals surface area contributed by atoms with E-state index in [2.05, 4.69) is 10.1 Å². The zero-order valence-electron chi connectivity index (χ0n) is 11.2. The Labute approximate surface area is 122 Å². The summed E-state index contributed by atoms with van der Waals surface area (Å²) >= 11 is 0. The van der Waals surface area contributed by atoms with Gasteiger partial charge in [0, 0.05) is 11.8 Å². The molecule has 0 atom stereocenters. The summed E-state index contributed by atoms with van der Waals surface area (Å²) in [6.07, 6.45) is -4.19. The molecule has 0 unspecified atom stereocenters. The van der Waals surface area contributed by atoms with Crippen molar-refractivity contribution in [2.24, 2.45) is 5.16 Å². The molecule has 8 heteroatoms. The van der Waals surface area contributed by atoms with Crippen LogP contribution in [0.5, 0.6) is 11.6 Å². The van der Waals surface area contributed by atoms with E-state index in [9.17, 15) is 17.6 Å². The number of pyridine rings is 1. The van der Waals surface area contributed by atoms with Crippen LogP contribution in [0.1, 0.15) is 18.1 Å². The second-order valence-corrected chi connectivity index (χ2v) is 4.32. The minimum atomic E-state index is -4.68. The predicted octanol–water partition coefficient (Wildman–Crippen LogP) is 4.23. The van der Waals surface area contributed by atoms with Crippen LogP contribution < -0.4 is 4.74 Å². The first-order valence-corrected chi connectivity index (χ1v) is 6.01. The Balaban J connectivity index is 2.28. The second kappa shape index (κ2) is 6.00. The van der Waals surface area contributed by atoms with Gasteiger partial charge in [-0.2, -0.15) is 13.2 Å². The summed E-state index contributed by atoms with van der Waals surface area (Å²) in [5.41, 5.74) is -0.395. The maximum atomic E-state index is 13.6. The number of hydrogen-bond donors (Lipinski definition) is 1. The first-order chi connectivity index (χ1) is 10.3. The standard InChI is InChI=1S/C14H10F4N2O2/c1-8(20-21)9-3-2-4-11(5-9)22-13-12(15)6-10(7-19-13)14(16,17)18/h2-7,21H,1H3/b20-8+. The number of hydrogen-bond acceptors (Lipinski definition) is 4. The fraction of sp³-hybridized carbons (Fsp3) is 0.143. The van der Waals surface area contributed by atoms with Gasteiger partial charge >= 0.3 is 6.18 Å². The summed E-state index contributed by atoms with van der Waals surface area (Å²) in [6, 6.07) is 6.40. The second-order valence-electron chi connectivity index (χ2n) is 4.32. The maximum absolute atomic E-state index is 13.6. The molecule has 0 aliphatic heterocycles. The van der Waals surface area contributed by atoms with Crippen molar-refractivity contribution in [2.75, 3.05) is 0 Å². The van der Waals surface area contributed by atoms with Crippen LogP contribution in [0.15, 0.2) is 41.7 Å². The third kappa shape index (κ3) is 3.51. The monoisotopic (exact) mass is 314 g/mol. The Morgan fingerprint density at radius 2 is 2.00 bits per heavy atom. The number of halogens is 4. The molecule has 0 fully saturated rings. The largest absolute Gasteiger partial charge is 0.436 e. The highest BCUT2D eigenvalue weighted by molar-refractivity contribution is 5.98. The number of aromatic nitrogens is 1. The summed E-state index contributed by atoms with van der Waals surface area (Å²) < 4.78 is 56.0. The molecule has 1 aromatic carbocycles. The van der Waals surface area contributed by atoms with Crippen LogP contribution in [0, 0.1) is 5.82 Å². The van der Waals surface area contributed by atoms with Gasteiger partial charge in [-0.05, 0) is 25.1 Å². The normalized spacial score (nSPS) is 12.3. The van der Waals surface area contributed by atoms with Gasteiger partial charge in [-0.1, -0.05) is 17.3 Å². The molecule has 0 radical (unpaired) electrons. The first kappa shape index (κ1) is 15.7. The van der Waals surface area contributed by atoms with Crippen molar-refractivity contribution >= 4 is 5.71 Å². The van der Waals surface area contributed by atoms with E-state index >= 15 is 0 Å². The summed E-state index contributed by atoms with van der Waals surface area (Å²) in [5.74, 6) is -1.66. The fourth-order valence-electron chi connectivity index (χ4n) is 1.61. The molecule has 116 valence electrons. The molecule has 0 saturated carbocycles. The molecule has 0 saturated heterocycles. The third-order valence-electron chi connectivity index (χ3n) is 2.75. The number of alkyl halides is 3. The lowest BCUT2D eigenvalue weighted by Gasteiger charge is -2.10. The van der Waals surface area contributed by atoms with Crippen molar-refractivity contribution in [3.05, 3.63) is 53.5 Å². The van der Waals surface area contributed by atoms with E-state index in [-0.39, 0.29) is 5.75 Å². The molecule has 1 heterocycles. The van der Waals surface area contributed by atoms with Crippen molar-refractivity contribution in [3.63, 3.8) is 0 Å². The van der Waals surface area contributed by atoms with Crippen LogP contribution in [0.3, 0.4) is 0 Å². The molecule has 1 N–H and O–H groups in total. The highest BCUT2D eigenvalue weighted by atomic mass is 19.4. The number of nitrogens with zero attached hydrogens (tertiary/aromatic N) is 2. The van der Waals surface area contributed by atoms with E-state index in [1.54, 1.807) is 12.1 Å². The molecule has 22 heavy (non-hydrogen) atoms. The van der Waals surface area contributed by atoms with Gasteiger partial charge in [-0.3, -0.25) is 0 Å². The average Bonchev–Trinajstić information content (AvgIpc) is 2.47. The van der Waals surface area contributed by atoms with Crippen molar-refractivity contribution in [2.45, 2.75) is 13.1 Å². The summed E-state index contributed by atoms with van der Waals surface area (Å²) in [5, 5.41) is 11.7. The Morgan fingerprint density at radius 1 is 1.27 bits per heavy atom. The van der Waals surface area contributed by atoms with Gasteiger partial charge in [0.2, 0.25) is 0 Å². The van der Waals surface area contributed by atoms with Crippen LogP contribution >= 0.6 is 0 Å². The van der Waals surface area contributed by atoms with Gasteiger partial charge in [0.05, 0.1) is 11.3 Å². The molecule has 2 rings (SSSR count). The molecular weight excluding hydrogens is 304 g/mol. The van der Waals surface area contributed by atoms with Crippen LogP contribution in [0.25, 0.3) is 0 Å². The van der Waals surface area contributed by atoms with Crippen LogP contribution in [0.4, 0.5) is 17.6 Å². The van der Waals surface area contributed by atoms with Gasteiger partial charge in [0.15, 0.2) is 5.82 Å². The summed E-state index contributed by atoms with van der Waals surface area (Å²) in [6.45, 7) is 1.54. The minimum Gasteiger partial charge on any atom is -0.436 e. The van der Waals surface area contributed by atoms with Crippen molar-refractivity contribution in [1.82, 2.24) is 4.98 Å². The van der Waals surface area contributed by atoms with E-state index in [0.717, 1.165) is 0 Å². The molecule has 0 aliphatic carbocycles. The quantitative estimate of drug-likeness (QED) is 0.399. The van der Waals surface area contributed by atoms with Crippen LogP contribution in [-0.2, 0) is 6.18 Å². The molecule has 0 amide bonds. The number of rotatable bonds is 3. The lowest BCUT2D eigenvalue weighted by Crippen LogP contribution is -2.07. The molecule has 2 aromatic rings. The van der Waals surface area contributed by atoms with Gasteiger partial charge in [-0.15, -0.1) is 0 Å². The van der Waals surface area contributed by atoms with E-state index in [1.807, 2.05) is 0 Å². The molecular formula is C14H10F4N2O2. The fourth-order valence-corrected chi connectivity index (χ4v) is 1.61. The SMILES string of the molecule is C/C(=N\O)c1cccc(Oc2ncc(C(F)(F)F)cc2F)c1. The zero-order chi connectivity index (χ0) is 16.3. The minimum absolute atomic E-state index is 0.145. The number of oxime groups is 1. The lowest BCUT2D eigenvalue weighted by atomic mass is 10.1. The maximum Gasteiger partial charge on any atom is 0.417 e. The molecule has 0 aliphatic rings. The van der Waals surface area contributed by atoms with Crippen LogP contribution in [0.2, 0.25) is 0 Å². The van der Waals surface area contributed by atoms with Crippen molar-refractivity contribution in [3.8, 4) is 11.6 Å². The number of benzene rings is 1. The molecule has 4 nitrogen and oxygen atoms in total. The Morgan fingerprint density at radius 3 is 2.59 bits per heavy atom. The van der Waals surface area contributed by atoms with E-state index in [0.29, 0.717) is 23.5 Å². The average molecular weight is 314 g/mol. The molecule has 0 spiro atoms. The molecule has 0 bridgehead atoms. The third-order valence-corrected chi connectivity index (χ3v) is 2.75. The van der Waals surface area contributed by atoms with Crippen LogP contribution in [-0.4, -0.2) is 15.9 Å². The molecule has 1 aromatic heterocycles. The van der Waals surface area contributed by atoms with Gasteiger partial charge in [0.1, 0.15) is 5.75 Å². The highest BCUT2D eigenvalue weighted by Gasteiger charge is 2.32. The van der Waals surface area contributed by atoms with Gasteiger partial charge < -0.3 is 9.94 Å². The lowest BCUT2D eigenvalue weighted by molar-refractivity contribution is -0.138. The first-order valence-electron chi connectivity index (χ1n) is 6.01. The van der Waals surface area contributed by atoms with E-state index in [4.69, 9.17) is 9.94 Å². The predicted molar refractivity (Wildman–Crippen MR) is 69.7 cm³/mol. The highest BCUT2D eigenvalue weighted by Crippen LogP contribution is 2.31. The zero-order valence-corrected chi connectivity index (χ0v) is 11.2. The topological polar surface area (TPSA) is 54.7 Å². The smallest absolute Gasteiger partial charge is 0.417 e. The van der Waals surface area contributed by atoms with Crippen molar-refractivity contribution < 1.29 is 27.5 Å². The summed E-state index contributed by atoms with van der Waals surface area (Å²) in [7, 11) is 0. The van der Waals surface area contributed by atoms with E-state index < -0.39 is 23.4 Å². The summed E-state index contributed by atoms with van der Waals surface area (Å²) in [4.78, 5) is 3.34. The van der Waals surface area contributed by atoms with E-state index in [1.165, 1.54) is 19.1 Å². The number of ether oxygens (including phenoxy) is 1.